The fourth-order valence-corrected chi connectivity index (χ4v) is 4.26. The molecule has 3 N–H and O–H groups in total. The molecule has 3 heterocycles. The van der Waals surface area contributed by atoms with Gasteiger partial charge in [-0.25, -0.2) is 9.97 Å². The van der Waals surface area contributed by atoms with E-state index in [4.69, 9.17) is 15.5 Å². The molecule has 1 aromatic carbocycles. The number of nitrogens with two attached hydrogens (primary N) is 1. The third kappa shape index (κ3) is 5.00. The Labute approximate surface area is 185 Å². The lowest BCUT2D eigenvalue weighted by molar-refractivity contribution is 0.0171. The number of ether oxygens (including phenoxy) is 1. The summed E-state index contributed by atoms with van der Waals surface area (Å²) in [5.74, 6) is 0.864. The van der Waals surface area contributed by atoms with Gasteiger partial charge in [0.1, 0.15) is 11.3 Å². The number of fused-ring (bicyclic) bond motifs is 1. The van der Waals surface area contributed by atoms with Crippen molar-refractivity contribution in [1.29, 1.82) is 0 Å². The number of halogens is 1. The number of rotatable bonds is 8. The Hall–Kier alpha value is -2.00. The van der Waals surface area contributed by atoms with E-state index in [1.54, 1.807) is 0 Å². The molecule has 30 heavy (non-hydrogen) atoms. The monoisotopic (exact) mass is 472 g/mol. The average molecular weight is 473 g/mol. The van der Waals surface area contributed by atoms with E-state index in [0.717, 1.165) is 66.3 Å². The zero-order valence-corrected chi connectivity index (χ0v) is 18.9. The highest BCUT2D eigenvalue weighted by molar-refractivity contribution is 9.10. The van der Waals surface area contributed by atoms with Gasteiger partial charge in [0.2, 0.25) is 5.95 Å². The zero-order valence-electron chi connectivity index (χ0n) is 17.3. The number of hydrogen-bond acceptors (Lipinski definition) is 6. The fraction of sp³-hybridized carbons (Fsp3) is 0.455. The van der Waals surface area contributed by atoms with Crippen LogP contribution in [0, 0.1) is 0 Å². The molecule has 8 heteroatoms. The van der Waals surface area contributed by atoms with Gasteiger partial charge in [0, 0.05) is 32.2 Å². The van der Waals surface area contributed by atoms with Gasteiger partial charge >= 0.3 is 0 Å². The molecule has 0 aliphatic carbocycles. The first kappa shape index (κ1) is 21.2. The lowest BCUT2D eigenvalue weighted by Crippen LogP contribution is -2.41. The number of likely N-dealkylation sites (tertiary alicyclic amines) is 1. The molecule has 160 valence electrons. The summed E-state index contributed by atoms with van der Waals surface area (Å²) in [4.78, 5) is 11.8. The van der Waals surface area contributed by atoms with Crippen molar-refractivity contribution in [2.75, 3.05) is 31.5 Å². The van der Waals surface area contributed by atoms with E-state index in [-0.39, 0.29) is 6.10 Å². The highest BCUT2D eigenvalue weighted by atomic mass is 79.9. The van der Waals surface area contributed by atoms with Gasteiger partial charge in [-0.3, -0.25) is 4.57 Å². The topological polar surface area (TPSA) is 81.2 Å². The molecule has 1 fully saturated rings. The summed E-state index contributed by atoms with van der Waals surface area (Å²) in [7, 11) is 0. The third-order valence-corrected chi connectivity index (χ3v) is 6.07. The molecule has 0 radical (unpaired) electrons. The van der Waals surface area contributed by atoms with Crippen LogP contribution in [0.3, 0.4) is 0 Å². The molecule has 2 aromatic heterocycles. The van der Waals surface area contributed by atoms with Gasteiger partial charge in [-0.05, 0) is 60.0 Å². The van der Waals surface area contributed by atoms with Gasteiger partial charge in [0.25, 0.3) is 0 Å². The van der Waals surface area contributed by atoms with E-state index in [0.29, 0.717) is 12.8 Å². The average Bonchev–Trinajstić information content (AvgIpc) is 3.10. The van der Waals surface area contributed by atoms with Crippen molar-refractivity contribution in [2.24, 2.45) is 5.73 Å². The maximum Gasteiger partial charge on any atom is 0.206 e. The number of benzene rings is 1. The van der Waals surface area contributed by atoms with Crippen LogP contribution < -0.4 is 11.1 Å². The minimum absolute atomic E-state index is 0.129. The molecule has 0 spiro atoms. The molecule has 1 unspecified atom stereocenters. The second-order valence-electron chi connectivity index (χ2n) is 7.72. The van der Waals surface area contributed by atoms with E-state index in [9.17, 15) is 0 Å². The van der Waals surface area contributed by atoms with Crippen LogP contribution in [0.25, 0.3) is 11.0 Å². The van der Waals surface area contributed by atoms with Crippen LogP contribution in [-0.4, -0.2) is 51.7 Å². The summed E-state index contributed by atoms with van der Waals surface area (Å²) < 4.78 is 9.12. The standard InChI is InChI=1S/C22H29BrN6O/c1-16(18-6-4-8-21(23)26-18)30-15-29-20-7-3-2-5-19(20)27-22(29)25-17-9-12-28(13-10-17)14-11-24/h2-8,16-17H,9-15,24H2,1H3,(H,25,27). The van der Waals surface area contributed by atoms with Crippen molar-refractivity contribution in [1.82, 2.24) is 19.4 Å². The first-order valence-electron chi connectivity index (χ1n) is 10.5. The highest BCUT2D eigenvalue weighted by Gasteiger charge is 2.21. The predicted octanol–water partition coefficient (Wildman–Crippen LogP) is 3.76. The van der Waals surface area contributed by atoms with E-state index in [2.05, 4.69) is 41.8 Å². The lowest BCUT2D eigenvalue weighted by atomic mass is 10.1. The van der Waals surface area contributed by atoms with Gasteiger partial charge < -0.3 is 20.7 Å². The molecule has 1 aliphatic heterocycles. The molecular formula is C22H29BrN6O. The van der Waals surface area contributed by atoms with Gasteiger partial charge in [-0.1, -0.05) is 18.2 Å². The van der Waals surface area contributed by atoms with Gasteiger partial charge in [-0.15, -0.1) is 0 Å². The van der Waals surface area contributed by atoms with Crippen molar-refractivity contribution in [3.63, 3.8) is 0 Å². The van der Waals surface area contributed by atoms with E-state index >= 15 is 0 Å². The van der Waals surface area contributed by atoms with Crippen LogP contribution in [0.4, 0.5) is 5.95 Å². The Balaban J connectivity index is 1.48. The third-order valence-electron chi connectivity index (χ3n) is 5.63. The molecule has 3 aromatic rings. The summed E-state index contributed by atoms with van der Waals surface area (Å²) in [6, 6.07) is 14.5. The number of pyridine rings is 1. The van der Waals surface area contributed by atoms with Gasteiger partial charge in [0.15, 0.2) is 0 Å². The summed E-state index contributed by atoms with van der Waals surface area (Å²) >= 11 is 3.43. The van der Waals surface area contributed by atoms with Crippen LogP contribution in [0.5, 0.6) is 0 Å². The zero-order chi connectivity index (χ0) is 20.9. The number of piperidine rings is 1. The van der Waals surface area contributed by atoms with Crippen molar-refractivity contribution in [2.45, 2.75) is 38.6 Å². The summed E-state index contributed by atoms with van der Waals surface area (Å²) in [6.45, 7) is 6.25. The van der Waals surface area contributed by atoms with Gasteiger partial charge in [0.05, 0.1) is 22.8 Å². The Morgan fingerprint density at radius 1 is 1.17 bits per heavy atom. The SMILES string of the molecule is CC(OCn1c(NC2CCN(CCN)CC2)nc2ccccc21)c1cccc(Br)n1. The molecule has 0 amide bonds. The normalized spacial score (nSPS) is 16.8. The minimum atomic E-state index is -0.129. The molecule has 1 atom stereocenters. The first-order valence-corrected chi connectivity index (χ1v) is 11.3. The quantitative estimate of drug-likeness (QED) is 0.485. The maximum atomic E-state index is 6.19. The molecule has 7 nitrogen and oxygen atoms in total. The summed E-state index contributed by atoms with van der Waals surface area (Å²) in [6.07, 6.45) is 2.04. The number of nitrogens with one attached hydrogen (secondary N) is 1. The number of nitrogens with zero attached hydrogens (tertiary/aromatic N) is 4. The number of hydrogen-bond donors (Lipinski definition) is 2. The number of imidazole rings is 1. The Morgan fingerprint density at radius 2 is 1.97 bits per heavy atom. The van der Waals surface area contributed by atoms with Crippen molar-refractivity contribution in [3.8, 4) is 0 Å². The lowest BCUT2D eigenvalue weighted by Gasteiger charge is -2.32. The highest BCUT2D eigenvalue weighted by Crippen LogP contribution is 2.24. The minimum Gasteiger partial charge on any atom is -0.353 e. The van der Waals surface area contributed by atoms with Crippen LogP contribution in [0.2, 0.25) is 0 Å². The van der Waals surface area contributed by atoms with Crippen molar-refractivity contribution >= 4 is 32.9 Å². The largest absolute Gasteiger partial charge is 0.353 e. The molecule has 1 aliphatic rings. The van der Waals surface area contributed by atoms with Crippen LogP contribution in [0.15, 0.2) is 47.1 Å². The second kappa shape index (κ2) is 9.87. The number of para-hydroxylation sites is 2. The second-order valence-corrected chi connectivity index (χ2v) is 8.54. The van der Waals surface area contributed by atoms with Crippen molar-refractivity contribution in [3.05, 3.63) is 52.8 Å². The van der Waals surface area contributed by atoms with Crippen LogP contribution in [0.1, 0.15) is 31.6 Å². The fourth-order valence-electron chi connectivity index (χ4n) is 3.90. The summed E-state index contributed by atoms with van der Waals surface area (Å²) in [5, 5.41) is 3.66. The molecule has 0 bridgehead atoms. The molecular weight excluding hydrogens is 444 g/mol. The van der Waals surface area contributed by atoms with E-state index < -0.39 is 0 Å². The van der Waals surface area contributed by atoms with E-state index in [1.165, 1.54) is 0 Å². The summed E-state index contributed by atoms with van der Waals surface area (Å²) in [5.41, 5.74) is 8.63. The predicted molar refractivity (Wildman–Crippen MR) is 123 cm³/mol. The Bertz CT molecular complexity index is 969. The maximum absolute atomic E-state index is 6.19. The smallest absolute Gasteiger partial charge is 0.206 e. The molecule has 4 rings (SSSR count). The first-order chi connectivity index (χ1) is 14.6. The molecule has 0 saturated carbocycles. The van der Waals surface area contributed by atoms with E-state index in [1.807, 2.05) is 43.3 Å². The number of anilines is 1. The molecule has 1 saturated heterocycles. The van der Waals surface area contributed by atoms with Crippen LogP contribution in [-0.2, 0) is 11.5 Å². The number of aromatic nitrogens is 3. The van der Waals surface area contributed by atoms with Crippen LogP contribution >= 0.6 is 15.9 Å². The Kier molecular flexibility index (Phi) is 6.99. The Morgan fingerprint density at radius 3 is 2.73 bits per heavy atom. The van der Waals surface area contributed by atoms with Crippen molar-refractivity contribution < 1.29 is 4.74 Å². The van der Waals surface area contributed by atoms with Gasteiger partial charge in [-0.2, -0.15) is 0 Å².